The summed E-state index contributed by atoms with van der Waals surface area (Å²) >= 11 is 0. The van der Waals surface area contributed by atoms with E-state index in [2.05, 4.69) is 10.6 Å². The van der Waals surface area contributed by atoms with Gasteiger partial charge in [-0.3, -0.25) is 10.1 Å². The molecule has 0 heterocycles. The molecule has 3 N–H and O–H groups in total. The van der Waals surface area contributed by atoms with Gasteiger partial charge < -0.3 is 15.2 Å². The first-order valence-corrected chi connectivity index (χ1v) is 5.15. The number of carboxylic acid groups (broad SMARTS) is 1. The predicted octanol–water partition coefficient (Wildman–Crippen LogP) is -0.678. The molecule has 8 heteroatoms. The van der Waals surface area contributed by atoms with Crippen LogP contribution < -0.4 is 10.6 Å². The Labute approximate surface area is 103 Å². The smallest absolute Gasteiger partial charge is 0.335 e. The Bertz CT molecular complexity index is 431. The van der Waals surface area contributed by atoms with Crippen LogP contribution in [0.1, 0.15) is 0 Å². The quantitative estimate of drug-likeness (QED) is 0.339. The second-order valence-electron chi connectivity index (χ2n) is 3.71. The normalized spacial score (nSPS) is 27.2. The lowest BCUT2D eigenvalue weighted by Gasteiger charge is -2.33. The first-order chi connectivity index (χ1) is 8.42. The lowest BCUT2D eigenvalue weighted by atomic mass is 9.90. The van der Waals surface area contributed by atoms with E-state index in [0.717, 1.165) is 6.08 Å². The molecule has 18 heavy (non-hydrogen) atoms. The van der Waals surface area contributed by atoms with Crippen molar-refractivity contribution in [2.75, 3.05) is 21.2 Å². The van der Waals surface area contributed by atoms with Crippen molar-refractivity contribution in [2.24, 2.45) is 0 Å². The molecule has 0 radical (unpaired) electrons. The van der Waals surface area contributed by atoms with Crippen LogP contribution in [0.3, 0.4) is 0 Å². The van der Waals surface area contributed by atoms with Crippen LogP contribution in [0.25, 0.3) is 0 Å². The zero-order chi connectivity index (χ0) is 13.9. The zero-order valence-corrected chi connectivity index (χ0v) is 10.3. The predicted molar refractivity (Wildman–Crippen MR) is 62.4 cm³/mol. The van der Waals surface area contributed by atoms with Crippen molar-refractivity contribution in [2.45, 2.75) is 11.7 Å². The Balaban J connectivity index is 3.42. The fourth-order valence-electron chi connectivity index (χ4n) is 1.94. The number of likely N-dealkylation sites (N-methyl/N-ethyl adjacent to an activating group) is 2. The number of hydrogen-bond donors (Lipinski definition) is 3. The molecule has 0 amide bonds. The molecule has 1 aliphatic rings. The first kappa shape index (κ1) is 14.1. The van der Waals surface area contributed by atoms with E-state index < -0.39 is 22.6 Å². The summed E-state index contributed by atoms with van der Waals surface area (Å²) in [6.45, 7) is 0. The minimum atomic E-state index is -1.76. The fraction of sp³-hybridized carbons (Fsp3) is 0.500. The van der Waals surface area contributed by atoms with Crippen molar-refractivity contribution < 1.29 is 19.6 Å². The van der Waals surface area contributed by atoms with E-state index in [9.17, 15) is 14.9 Å². The number of carbonyl (C=O) groups is 1. The molecule has 0 bridgehead atoms. The number of ether oxygens (including phenoxy) is 1. The Morgan fingerprint density at radius 1 is 1.61 bits per heavy atom. The van der Waals surface area contributed by atoms with Crippen LogP contribution in [0, 0.1) is 10.1 Å². The molecule has 8 nitrogen and oxygen atoms in total. The second-order valence-corrected chi connectivity index (χ2v) is 3.71. The highest BCUT2D eigenvalue weighted by Crippen LogP contribution is 2.28. The summed E-state index contributed by atoms with van der Waals surface area (Å²) in [5.41, 5.74) is -1.95. The number of carboxylic acids is 1. The summed E-state index contributed by atoms with van der Waals surface area (Å²) in [5.74, 6) is -1.07. The van der Waals surface area contributed by atoms with Crippen molar-refractivity contribution in [3.8, 4) is 0 Å². The molecule has 1 rings (SSSR count). The first-order valence-electron chi connectivity index (χ1n) is 5.15. The van der Waals surface area contributed by atoms with Gasteiger partial charge in [0.05, 0.1) is 12.7 Å². The molecule has 0 spiro atoms. The summed E-state index contributed by atoms with van der Waals surface area (Å²) in [5, 5.41) is 25.6. The van der Waals surface area contributed by atoms with Gasteiger partial charge in [0.15, 0.2) is 6.04 Å². The number of rotatable bonds is 5. The van der Waals surface area contributed by atoms with Crippen LogP contribution in [0.2, 0.25) is 0 Å². The van der Waals surface area contributed by atoms with Gasteiger partial charge >= 0.3 is 11.6 Å². The fourth-order valence-corrected chi connectivity index (χ4v) is 1.94. The van der Waals surface area contributed by atoms with E-state index >= 15 is 0 Å². The van der Waals surface area contributed by atoms with Gasteiger partial charge in [-0.25, -0.2) is 10.1 Å². The van der Waals surface area contributed by atoms with Crippen LogP contribution in [0.5, 0.6) is 0 Å². The van der Waals surface area contributed by atoms with Crippen LogP contribution in [0.15, 0.2) is 23.5 Å². The average Bonchev–Trinajstić information content (AvgIpc) is 2.36. The van der Waals surface area contributed by atoms with Gasteiger partial charge in [-0.05, 0) is 20.2 Å². The molecule has 100 valence electrons. The van der Waals surface area contributed by atoms with E-state index in [1.807, 2.05) is 0 Å². The minimum Gasteiger partial charge on any atom is -0.499 e. The number of hydrogen-bond acceptors (Lipinski definition) is 6. The van der Waals surface area contributed by atoms with Crippen LogP contribution in [-0.2, 0) is 9.53 Å². The van der Waals surface area contributed by atoms with Crippen molar-refractivity contribution in [1.82, 2.24) is 10.6 Å². The highest BCUT2D eigenvalue weighted by atomic mass is 16.6. The minimum absolute atomic E-state index is 0.184. The van der Waals surface area contributed by atoms with Gasteiger partial charge in [0, 0.05) is 11.0 Å². The molecular weight excluding hydrogens is 242 g/mol. The maximum absolute atomic E-state index is 11.3. The van der Waals surface area contributed by atoms with Crippen molar-refractivity contribution >= 4 is 5.97 Å². The largest absolute Gasteiger partial charge is 0.499 e. The van der Waals surface area contributed by atoms with Crippen molar-refractivity contribution in [1.29, 1.82) is 0 Å². The number of methoxy groups -OCH3 is 1. The van der Waals surface area contributed by atoms with Gasteiger partial charge in [-0.1, -0.05) is 0 Å². The third kappa shape index (κ3) is 2.07. The summed E-state index contributed by atoms with van der Waals surface area (Å²) in [4.78, 5) is 21.7. The number of nitrogens with zero attached hydrogens (tertiary/aromatic N) is 1. The molecule has 0 aromatic rings. The van der Waals surface area contributed by atoms with Crippen LogP contribution in [-0.4, -0.2) is 48.9 Å². The van der Waals surface area contributed by atoms with Crippen LogP contribution in [0.4, 0.5) is 0 Å². The summed E-state index contributed by atoms with van der Waals surface area (Å²) in [6.07, 6.45) is 2.33. The number of nitrogens with one attached hydrogen (secondary N) is 2. The number of nitro groups is 1. The van der Waals surface area contributed by atoms with E-state index in [4.69, 9.17) is 9.84 Å². The molecule has 0 fully saturated rings. The van der Waals surface area contributed by atoms with Gasteiger partial charge in [0.25, 0.3) is 0 Å². The molecule has 0 aromatic carbocycles. The standard InChI is InChI=1S/C10H15N3O5/c1-11-8-7(18-3)4-6(9(14)15)5-10(8,12-2)13(16)17/h4-5,8,11-12H,1-3H3,(H,14,15). The van der Waals surface area contributed by atoms with E-state index in [1.165, 1.54) is 27.3 Å². The molecule has 2 unspecified atom stereocenters. The highest BCUT2D eigenvalue weighted by molar-refractivity contribution is 5.90. The topological polar surface area (TPSA) is 114 Å². The maximum atomic E-state index is 11.3. The SMILES string of the molecule is CNC1C(OC)=CC(C(=O)O)=CC1(NC)[N+](=O)[O-]. The van der Waals surface area contributed by atoms with Crippen molar-refractivity contribution in [3.05, 3.63) is 33.6 Å². The zero-order valence-electron chi connectivity index (χ0n) is 10.3. The number of aliphatic carboxylic acids is 1. The highest BCUT2D eigenvalue weighted by Gasteiger charge is 2.52. The van der Waals surface area contributed by atoms with Crippen molar-refractivity contribution in [3.63, 3.8) is 0 Å². The molecule has 0 aromatic heterocycles. The molecule has 0 aliphatic heterocycles. The molecule has 0 saturated carbocycles. The molecular formula is C10H15N3O5. The van der Waals surface area contributed by atoms with Gasteiger partial charge in [0.1, 0.15) is 5.76 Å². The Morgan fingerprint density at radius 2 is 2.22 bits per heavy atom. The molecule has 2 atom stereocenters. The van der Waals surface area contributed by atoms with Crippen LogP contribution >= 0.6 is 0 Å². The Hall–Kier alpha value is -1.93. The monoisotopic (exact) mass is 257 g/mol. The van der Waals surface area contributed by atoms with E-state index in [0.29, 0.717) is 0 Å². The molecule has 1 aliphatic carbocycles. The molecule has 0 saturated heterocycles. The third-order valence-corrected chi connectivity index (χ3v) is 2.87. The van der Waals surface area contributed by atoms with Gasteiger partial charge in [0.2, 0.25) is 0 Å². The second kappa shape index (κ2) is 5.15. The van der Waals surface area contributed by atoms with Gasteiger partial charge in [-0.15, -0.1) is 0 Å². The average molecular weight is 257 g/mol. The Morgan fingerprint density at radius 3 is 2.56 bits per heavy atom. The van der Waals surface area contributed by atoms with Gasteiger partial charge in [-0.2, -0.15) is 0 Å². The summed E-state index contributed by atoms with van der Waals surface area (Å²) < 4.78 is 5.03. The Kier molecular flexibility index (Phi) is 4.04. The maximum Gasteiger partial charge on any atom is 0.335 e. The van der Waals surface area contributed by atoms with E-state index in [1.54, 1.807) is 0 Å². The van der Waals surface area contributed by atoms with E-state index in [-0.39, 0.29) is 11.3 Å². The lowest BCUT2D eigenvalue weighted by molar-refractivity contribution is -0.566. The summed E-state index contributed by atoms with van der Waals surface area (Å²) in [7, 11) is 4.26. The lowest BCUT2D eigenvalue weighted by Crippen LogP contribution is -2.64. The summed E-state index contributed by atoms with van der Waals surface area (Å²) in [6, 6.07) is -0.800. The third-order valence-electron chi connectivity index (χ3n) is 2.87.